The predicted molar refractivity (Wildman–Crippen MR) is 64.5 cm³/mol. The summed E-state index contributed by atoms with van der Waals surface area (Å²) >= 11 is 20.6. The van der Waals surface area contributed by atoms with Gasteiger partial charge in [-0.15, -0.1) is 0 Å². The van der Waals surface area contributed by atoms with Crippen molar-refractivity contribution in [1.82, 2.24) is 0 Å². The Morgan fingerprint density at radius 2 is 1.75 bits per heavy atom. The zero-order valence-corrected chi connectivity index (χ0v) is 11.7. The van der Waals surface area contributed by atoms with Gasteiger partial charge in [0.1, 0.15) is 0 Å². The average molecular weight is 314 g/mol. The first-order chi connectivity index (χ1) is 7.18. The standard InChI is InChI=1S/2C4H6Cl2O2/c1-2-8-4(7)3(5)6;1-2-4(5,6)3(7)8/h3H,2H2,1H3;2H2,1H3,(H,7,8). The molecule has 0 bridgehead atoms. The van der Waals surface area contributed by atoms with E-state index in [0.29, 0.717) is 6.61 Å². The third-order valence-corrected chi connectivity index (χ3v) is 2.44. The second-order valence-corrected chi connectivity index (χ2v) is 5.00. The molecule has 0 aromatic carbocycles. The van der Waals surface area contributed by atoms with Crippen LogP contribution in [0.4, 0.5) is 0 Å². The van der Waals surface area contributed by atoms with Crippen molar-refractivity contribution >= 4 is 58.3 Å². The molecule has 0 spiro atoms. The third kappa shape index (κ3) is 9.33. The molecule has 0 aromatic rings. The zero-order valence-electron chi connectivity index (χ0n) is 8.68. The minimum absolute atomic E-state index is 0.214. The van der Waals surface area contributed by atoms with Gasteiger partial charge >= 0.3 is 11.9 Å². The molecule has 0 saturated heterocycles. The number of hydrogen-bond acceptors (Lipinski definition) is 3. The van der Waals surface area contributed by atoms with E-state index in [4.69, 9.17) is 51.5 Å². The Morgan fingerprint density at radius 3 is 1.81 bits per heavy atom. The van der Waals surface area contributed by atoms with Crippen LogP contribution in [-0.4, -0.2) is 32.8 Å². The van der Waals surface area contributed by atoms with E-state index >= 15 is 0 Å². The summed E-state index contributed by atoms with van der Waals surface area (Å²) in [7, 11) is 0. The molecule has 0 heterocycles. The molecule has 4 nitrogen and oxygen atoms in total. The van der Waals surface area contributed by atoms with Crippen LogP contribution >= 0.6 is 46.4 Å². The second-order valence-electron chi connectivity index (χ2n) is 2.42. The molecule has 0 radical (unpaired) electrons. The fraction of sp³-hybridized carbons (Fsp3) is 0.750. The van der Waals surface area contributed by atoms with Crippen LogP contribution in [0.1, 0.15) is 20.3 Å². The van der Waals surface area contributed by atoms with Gasteiger partial charge in [-0.1, -0.05) is 53.3 Å². The number of halogens is 4. The lowest BCUT2D eigenvalue weighted by Gasteiger charge is -2.08. The fourth-order valence-corrected chi connectivity index (χ4v) is 0.482. The first-order valence-electron chi connectivity index (χ1n) is 4.25. The van der Waals surface area contributed by atoms with Crippen molar-refractivity contribution in [2.24, 2.45) is 0 Å². The molecule has 0 aromatic heterocycles. The molecule has 0 aliphatic rings. The summed E-state index contributed by atoms with van der Waals surface area (Å²) in [4.78, 5) is 19.2. The van der Waals surface area contributed by atoms with Gasteiger partial charge in [0.15, 0.2) is 0 Å². The number of carboxylic acids is 1. The van der Waals surface area contributed by atoms with Gasteiger partial charge < -0.3 is 9.84 Å². The number of rotatable bonds is 4. The number of ether oxygens (including phenoxy) is 1. The summed E-state index contributed by atoms with van der Waals surface area (Å²) in [5, 5.41) is 8.18. The summed E-state index contributed by atoms with van der Waals surface area (Å²) in [5.41, 5.74) is 0. The van der Waals surface area contributed by atoms with Crippen molar-refractivity contribution < 1.29 is 19.4 Å². The Bertz CT molecular complexity index is 228. The first-order valence-corrected chi connectivity index (χ1v) is 5.87. The molecule has 0 unspecified atom stereocenters. The van der Waals surface area contributed by atoms with Gasteiger partial charge in [-0.25, -0.2) is 9.59 Å². The number of carboxylic acid groups (broad SMARTS) is 1. The van der Waals surface area contributed by atoms with Crippen LogP contribution in [-0.2, 0) is 14.3 Å². The quantitative estimate of drug-likeness (QED) is 0.640. The largest absolute Gasteiger partial charge is 0.479 e. The maximum atomic E-state index is 10.3. The van der Waals surface area contributed by atoms with Crippen LogP contribution in [0.3, 0.4) is 0 Å². The lowest BCUT2D eigenvalue weighted by Crippen LogP contribution is -2.23. The van der Waals surface area contributed by atoms with E-state index in [1.165, 1.54) is 0 Å². The number of aliphatic carboxylic acids is 1. The number of alkyl halides is 4. The first kappa shape index (κ1) is 18.5. The van der Waals surface area contributed by atoms with E-state index in [2.05, 4.69) is 4.74 Å². The molecule has 0 saturated carbocycles. The Morgan fingerprint density at radius 1 is 1.31 bits per heavy atom. The van der Waals surface area contributed by atoms with Crippen molar-refractivity contribution in [2.45, 2.75) is 29.4 Å². The number of carbonyl (C=O) groups is 2. The van der Waals surface area contributed by atoms with Crippen LogP contribution in [0, 0.1) is 0 Å². The minimum atomic E-state index is -1.60. The summed E-state index contributed by atoms with van der Waals surface area (Å²) in [6, 6.07) is 0. The number of carbonyl (C=O) groups excluding carboxylic acids is 1. The van der Waals surface area contributed by atoms with E-state index in [-0.39, 0.29) is 6.42 Å². The highest BCUT2D eigenvalue weighted by atomic mass is 35.5. The average Bonchev–Trinajstić information content (AvgIpc) is 2.18. The maximum Gasteiger partial charge on any atom is 0.340 e. The van der Waals surface area contributed by atoms with Gasteiger partial charge in [-0.3, -0.25) is 0 Å². The van der Waals surface area contributed by atoms with E-state index in [9.17, 15) is 9.59 Å². The van der Waals surface area contributed by atoms with Gasteiger partial charge in [-0.05, 0) is 13.3 Å². The SMILES string of the molecule is CCC(Cl)(Cl)C(=O)O.CCOC(=O)C(Cl)Cl. The Hall–Kier alpha value is 0.1000. The molecule has 1 N–H and O–H groups in total. The van der Waals surface area contributed by atoms with E-state index < -0.39 is 21.1 Å². The molecule has 16 heavy (non-hydrogen) atoms. The molecular formula is C8H12Cl4O4. The molecule has 8 heteroatoms. The van der Waals surface area contributed by atoms with Gasteiger partial charge in [0.2, 0.25) is 9.17 Å². The maximum absolute atomic E-state index is 10.3. The number of hydrogen-bond donors (Lipinski definition) is 1. The molecule has 0 rings (SSSR count). The molecule has 96 valence electrons. The predicted octanol–water partition coefficient (Wildman–Crippen LogP) is 3.01. The lowest BCUT2D eigenvalue weighted by atomic mass is 10.3. The second kappa shape index (κ2) is 9.16. The van der Waals surface area contributed by atoms with Crippen LogP contribution in [0.15, 0.2) is 0 Å². The Balaban J connectivity index is 0. The molecule has 0 aliphatic carbocycles. The van der Waals surface area contributed by atoms with Crippen LogP contribution in [0.5, 0.6) is 0 Å². The highest BCUT2D eigenvalue weighted by Crippen LogP contribution is 2.24. The highest BCUT2D eigenvalue weighted by Gasteiger charge is 2.30. The molecule has 0 amide bonds. The summed E-state index contributed by atoms with van der Waals surface area (Å²) < 4.78 is 2.80. The van der Waals surface area contributed by atoms with E-state index in [0.717, 1.165) is 0 Å². The Kier molecular flexibility index (Phi) is 10.6. The summed E-state index contributed by atoms with van der Waals surface area (Å²) in [6.07, 6.45) is 0.214. The van der Waals surface area contributed by atoms with Crippen molar-refractivity contribution in [1.29, 1.82) is 0 Å². The van der Waals surface area contributed by atoms with Gasteiger partial charge in [-0.2, -0.15) is 0 Å². The highest BCUT2D eigenvalue weighted by molar-refractivity contribution is 6.57. The third-order valence-electron chi connectivity index (χ3n) is 1.22. The fourth-order valence-electron chi connectivity index (χ4n) is 0.356. The topological polar surface area (TPSA) is 63.6 Å². The van der Waals surface area contributed by atoms with E-state index in [1.54, 1.807) is 13.8 Å². The molecule has 0 fully saturated rings. The van der Waals surface area contributed by atoms with Crippen molar-refractivity contribution in [3.05, 3.63) is 0 Å². The summed E-state index contributed by atoms with van der Waals surface area (Å²) in [6.45, 7) is 3.61. The van der Waals surface area contributed by atoms with Gasteiger partial charge in [0, 0.05) is 0 Å². The smallest absolute Gasteiger partial charge is 0.340 e. The lowest BCUT2D eigenvalue weighted by molar-refractivity contribution is -0.141. The van der Waals surface area contributed by atoms with Crippen LogP contribution < -0.4 is 0 Å². The number of esters is 1. The Labute approximate surface area is 114 Å². The summed E-state index contributed by atoms with van der Waals surface area (Å²) in [5.74, 6) is -1.78. The van der Waals surface area contributed by atoms with Crippen LogP contribution in [0.25, 0.3) is 0 Å². The van der Waals surface area contributed by atoms with Gasteiger partial charge in [0.25, 0.3) is 0 Å². The van der Waals surface area contributed by atoms with Gasteiger partial charge in [0.05, 0.1) is 6.61 Å². The molecule has 0 aliphatic heterocycles. The monoisotopic (exact) mass is 312 g/mol. The van der Waals surface area contributed by atoms with Crippen LogP contribution in [0.2, 0.25) is 0 Å². The normalized spacial score (nSPS) is 10.4. The van der Waals surface area contributed by atoms with Crippen molar-refractivity contribution in [2.75, 3.05) is 6.61 Å². The van der Waals surface area contributed by atoms with Crippen molar-refractivity contribution in [3.8, 4) is 0 Å². The molecular weight excluding hydrogens is 302 g/mol. The minimum Gasteiger partial charge on any atom is -0.479 e. The zero-order chi connectivity index (χ0) is 13.4. The van der Waals surface area contributed by atoms with Crippen molar-refractivity contribution in [3.63, 3.8) is 0 Å². The molecule has 0 atom stereocenters. The van der Waals surface area contributed by atoms with E-state index in [1.807, 2.05) is 0 Å².